The molecule has 0 spiro atoms. The molecule has 0 aliphatic heterocycles. The molecule has 0 bridgehead atoms. The lowest BCUT2D eigenvalue weighted by Crippen LogP contribution is -2.20. The minimum absolute atomic E-state index is 0.765. The van der Waals surface area contributed by atoms with E-state index in [0.717, 1.165) is 12.3 Å². The van der Waals surface area contributed by atoms with Crippen LogP contribution in [0.2, 0.25) is 0 Å². The van der Waals surface area contributed by atoms with E-state index in [9.17, 15) is 0 Å². The number of hydrogen-bond acceptors (Lipinski definition) is 1. The minimum Gasteiger partial charge on any atom is -0.367 e. The van der Waals surface area contributed by atoms with Crippen LogP contribution in [0.5, 0.6) is 0 Å². The smallest absolute Gasteiger partial charge is 0.0952 e. The summed E-state index contributed by atoms with van der Waals surface area (Å²) in [5, 5.41) is 7.64. The zero-order chi connectivity index (χ0) is 11.5. The summed E-state index contributed by atoms with van der Waals surface area (Å²) < 4.78 is 0. The predicted octanol–water partition coefficient (Wildman–Crippen LogP) is 4.06. The predicted molar refractivity (Wildman–Crippen MR) is 68.6 cm³/mol. The Labute approximate surface area is 95.6 Å². The highest BCUT2D eigenvalue weighted by molar-refractivity contribution is 5.78. The van der Waals surface area contributed by atoms with Crippen molar-refractivity contribution in [2.45, 2.75) is 64.7 Å². The Bertz CT molecular complexity index is 153. The molecule has 0 aliphatic rings. The van der Waals surface area contributed by atoms with Gasteiger partial charge in [-0.2, -0.15) is 0 Å². The summed E-state index contributed by atoms with van der Waals surface area (Å²) in [6.45, 7) is 2.26. The van der Waals surface area contributed by atoms with Crippen LogP contribution in [0.3, 0.4) is 0 Å². The molecular weight excluding hydrogens is 184 g/mol. The van der Waals surface area contributed by atoms with E-state index in [1.165, 1.54) is 51.4 Å². The molecular formula is C13H28N2. The van der Waals surface area contributed by atoms with E-state index in [1.54, 1.807) is 0 Å². The lowest BCUT2D eigenvalue weighted by atomic mass is 10.1. The molecule has 0 radical (unpaired) electrons. The fourth-order valence-electron chi connectivity index (χ4n) is 1.65. The van der Waals surface area contributed by atoms with Crippen LogP contribution in [0.4, 0.5) is 0 Å². The molecule has 2 heteroatoms. The second-order valence-electron chi connectivity index (χ2n) is 4.57. The minimum atomic E-state index is 0.765. The molecule has 1 N–H and O–H groups in total. The molecule has 15 heavy (non-hydrogen) atoms. The van der Waals surface area contributed by atoms with E-state index >= 15 is 0 Å². The van der Waals surface area contributed by atoms with Gasteiger partial charge in [0.2, 0.25) is 0 Å². The third-order valence-electron chi connectivity index (χ3n) is 2.81. The van der Waals surface area contributed by atoms with Crippen LogP contribution in [-0.4, -0.2) is 24.8 Å². The highest BCUT2D eigenvalue weighted by atomic mass is 15.1. The number of hydrogen-bond donors (Lipinski definition) is 1. The van der Waals surface area contributed by atoms with E-state index < -0.39 is 0 Å². The molecule has 0 aromatic carbocycles. The SMILES string of the molecule is CCCCCCCCCCC(=N)N(C)C. The summed E-state index contributed by atoms with van der Waals surface area (Å²) in [6.07, 6.45) is 11.7. The van der Waals surface area contributed by atoms with Gasteiger partial charge in [-0.15, -0.1) is 0 Å². The molecule has 0 unspecified atom stereocenters. The molecule has 0 aliphatic carbocycles. The third-order valence-corrected chi connectivity index (χ3v) is 2.81. The molecule has 0 rings (SSSR count). The van der Waals surface area contributed by atoms with Crippen molar-refractivity contribution in [3.63, 3.8) is 0 Å². The van der Waals surface area contributed by atoms with Gasteiger partial charge in [-0.25, -0.2) is 0 Å². The Hall–Kier alpha value is -0.530. The zero-order valence-corrected chi connectivity index (χ0v) is 10.8. The Balaban J connectivity index is 3.08. The average Bonchev–Trinajstić information content (AvgIpc) is 2.21. The molecule has 0 heterocycles. The van der Waals surface area contributed by atoms with Crippen molar-refractivity contribution in [1.82, 2.24) is 4.90 Å². The van der Waals surface area contributed by atoms with Gasteiger partial charge >= 0.3 is 0 Å². The second-order valence-corrected chi connectivity index (χ2v) is 4.57. The maximum atomic E-state index is 7.64. The van der Waals surface area contributed by atoms with Gasteiger partial charge in [0.1, 0.15) is 0 Å². The maximum absolute atomic E-state index is 7.64. The Morgan fingerprint density at radius 2 is 1.33 bits per heavy atom. The van der Waals surface area contributed by atoms with Crippen molar-refractivity contribution in [2.75, 3.05) is 14.1 Å². The second kappa shape index (κ2) is 10.0. The summed E-state index contributed by atoms with van der Waals surface area (Å²) in [5.74, 6) is 0.765. The number of nitrogens with one attached hydrogen (secondary N) is 1. The van der Waals surface area contributed by atoms with Crippen molar-refractivity contribution >= 4 is 5.84 Å². The van der Waals surface area contributed by atoms with Crippen LogP contribution in [0, 0.1) is 5.41 Å². The molecule has 2 nitrogen and oxygen atoms in total. The van der Waals surface area contributed by atoms with Gasteiger partial charge < -0.3 is 4.90 Å². The van der Waals surface area contributed by atoms with Crippen molar-refractivity contribution < 1.29 is 0 Å². The summed E-state index contributed by atoms with van der Waals surface area (Å²) in [4.78, 5) is 1.90. The number of nitrogens with zero attached hydrogens (tertiary/aromatic N) is 1. The van der Waals surface area contributed by atoms with E-state index in [1.807, 2.05) is 19.0 Å². The van der Waals surface area contributed by atoms with E-state index in [2.05, 4.69) is 6.92 Å². The fraction of sp³-hybridized carbons (Fsp3) is 0.923. The standard InChI is InChI=1S/C13H28N2/c1-4-5-6-7-8-9-10-11-12-13(14)15(2)3/h14H,4-12H2,1-3H3. The van der Waals surface area contributed by atoms with Crippen LogP contribution in [0.1, 0.15) is 64.7 Å². The quantitative estimate of drug-likeness (QED) is 0.348. The van der Waals surface area contributed by atoms with Gasteiger partial charge in [-0.3, -0.25) is 5.41 Å². The van der Waals surface area contributed by atoms with E-state index in [4.69, 9.17) is 5.41 Å². The van der Waals surface area contributed by atoms with Crippen molar-refractivity contribution in [3.05, 3.63) is 0 Å². The van der Waals surface area contributed by atoms with E-state index in [-0.39, 0.29) is 0 Å². The first kappa shape index (κ1) is 14.5. The molecule has 0 aromatic heterocycles. The normalized spacial score (nSPS) is 10.3. The van der Waals surface area contributed by atoms with E-state index in [0.29, 0.717) is 0 Å². The Morgan fingerprint density at radius 3 is 1.80 bits per heavy atom. The molecule has 0 saturated heterocycles. The molecule has 0 fully saturated rings. The number of unbranched alkanes of at least 4 members (excludes halogenated alkanes) is 7. The lowest BCUT2D eigenvalue weighted by Gasteiger charge is -2.12. The molecule has 0 saturated carbocycles. The molecule has 0 aromatic rings. The number of rotatable bonds is 9. The van der Waals surface area contributed by atoms with Gasteiger partial charge in [0.05, 0.1) is 5.84 Å². The molecule has 0 amide bonds. The van der Waals surface area contributed by atoms with Crippen molar-refractivity contribution in [1.29, 1.82) is 5.41 Å². The van der Waals surface area contributed by atoms with Crippen LogP contribution >= 0.6 is 0 Å². The highest BCUT2D eigenvalue weighted by Gasteiger charge is 1.98. The van der Waals surface area contributed by atoms with Crippen LogP contribution in [0.15, 0.2) is 0 Å². The Morgan fingerprint density at radius 1 is 0.867 bits per heavy atom. The Kier molecular flexibility index (Phi) is 9.65. The summed E-state index contributed by atoms with van der Waals surface area (Å²) >= 11 is 0. The highest BCUT2D eigenvalue weighted by Crippen LogP contribution is 2.09. The first-order chi connectivity index (χ1) is 7.18. The molecule has 0 atom stereocenters. The van der Waals surface area contributed by atoms with Crippen molar-refractivity contribution in [2.24, 2.45) is 0 Å². The van der Waals surface area contributed by atoms with Crippen LogP contribution in [-0.2, 0) is 0 Å². The van der Waals surface area contributed by atoms with Crippen molar-refractivity contribution in [3.8, 4) is 0 Å². The van der Waals surface area contributed by atoms with Crippen LogP contribution in [0.25, 0.3) is 0 Å². The first-order valence-corrected chi connectivity index (χ1v) is 6.43. The van der Waals surface area contributed by atoms with Gasteiger partial charge in [-0.1, -0.05) is 51.9 Å². The zero-order valence-electron chi connectivity index (χ0n) is 10.8. The number of amidine groups is 1. The summed E-state index contributed by atoms with van der Waals surface area (Å²) in [7, 11) is 3.90. The van der Waals surface area contributed by atoms with Gasteiger partial charge in [0.15, 0.2) is 0 Å². The lowest BCUT2D eigenvalue weighted by molar-refractivity contribution is 0.558. The summed E-state index contributed by atoms with van der Waals surface area (Å²) in [6, 6.07) is 0. The van der Waals surface area contributed by atoms with Gasteiger partial charge in [-0.05, 0) is 6.42 Å². The van der Waals surface area contributed by atoms with Crippen LogP contribution < -0.4 is 0 Å². The maximum Gasteiger partial charge on any atom is 0.0952 e. The first-order valence-electron chi connectivity index (χ1n) is 6.43. The average molecular weight is 212 g/mol. The largest absolute Gasteiger partial charge is 0.367 e. The monoisotopic (exact) mass is 212 g/mol. The topological polar surface area (TPSA) is 27.1 Å². The van der Waals surface area contributed by atoms with Gasteiger partial charge in [0.25, 0.3) is 0 Å². The fourth-order valence-corrected chi connectivity index (χ4v) is 1.65. The third kappa shape index (κ3) is 9.77. The molecule has 90 valence electrons. The van der Waals surface area contributed by atoms with Gasteiger partial charge in [0, 0.05) is 20.5 Å². The summed E-state index contributed by atoms with van der Waals surface area (Å²) in [5.41, 5.74) is 0.